The molecule has 2 atom stereocenters. The molecule has 5 nitrogen and oxygen atoms in total. The summed E-state index contributed by atoms with van der Waals surface area (Å²) in [6.45, 7) is 1.56. The standard InChI is InChI=1S/C24H26BrNO4/c1-28-21-10-17(20(25)12-22(21)29-2)8-9-18-14-26(13-16-6-4-3-5-7-16)15-23-19(18)11-24(27)30-23/h3-7,10,12,14,19,23H,8-9,11,13,15H2,1-2H3/t19-,23+/m1/s1. The molecule has 158 valence electrons. The molecule has 30 heavy (non-hydrogen) atoms. The minimum atomic E-state index is -0.0928. The summed E-state index contributed by atoms with van der Waals surface area (Å²) in [7, 11) is 3.28. The maximum absolute atomic E-state index is 12.0. The van der Waals surface area contributed by atoms with E-state index in [1.807, 2.05) is 18.2 Å². The summed E-state index contributed by atoms with van der Waals surface area (Å²) in [6, 6.07) is 14.3. The van der Waals surface area contributed by atoms with Gasteiger partial charge in [-0.1, -0.05) is 46.3 Å². The second kappa shape index (κ2) is 9.13. The number of ether oxygens (including phenoxy) is 3. The molecule has 4 rings (SSSR count). The van der Waals surface area contributed by atoms with Gasteiger partial charge >= 0.3 is 5.97 Å². The van der Waals surface area contributed by atoms with Crippen molar-refractivity contribution in [2.24, 2.45) is 5.92 Å². The van der Waals surface area contributed by atoms with Gasteiger partial charge in [-0.15, -0.1) is 0 Å². The molecule has 0 bridgehead atoms. The van der Waals surface area contributed by atoms with E-state index in [-0.39, 0.29) is 18.0 Å². The highest BCUT2D eigenvalue weighted by molar-refractivity contribution is 9.10. The van der Waals surface area contributed by atoms with Gasteiger partial charge in [0.1, 0.15) is 6.10 Å². The summed E-state index contributed by atoms with van der Waals surface area (Å²) >= 11 is 3.65. The number of halogens is 1. The summed E-state index contributed by atoms with van der Waals surface area (Å²) in [5, 5.41) is 0. The molecule has 0 saturated carbocycles. The first-order valence-electron chi connectivity index (χ1n) is 10.2. The van der Waals surface area contributed by atoms with E-state index in [1.54, 1.807) is 14.2 Å². The molecule has 0 N–H and O–H groups in total. The minimum absolute atomic E-state index is 0.0601. The zero-order chi connectivity index (χ0) is 21.1. The van der Waals surface area contributed by atoms with Crippen molar-refractivity contribution in [1.29, 1.82) is 0 Å². The summed E-state index contributed by atoms with van der Waals surface area (Å²) in [6.07, 6.45) is 4.35. The minimum Gasteiger partial charge on any atom is -0.493 e. The van der Waals surface area contributed by atoms with Crippen LogP contribution in [0.1, 0.15) is 24.0 Å². The number of hydrogen-bond donors (Lipinski definition) is 0. The highest BCUT2D eigenvalue weighted by atomic mass is 79.9. The molecule has 2 aliphatic heterocycles. The summed E-state index contributed by atoms with van der Waals surface area (Å²) in [4.78, 5) is 14.3. The van der Waals surface area contributed by atoms with Gasteiger partial charge in [0.15, 0.2) is 11.5 Å². The van der Waals surface area contributed by atoms with Crippen LogP contribution in [0.15, 0.2) is 58.7 Å². The Kier molecular flexibility index (Phi) is 6.32. The molecule has 1 fully saturated rings. The molecule has 2 aliphatic rings. The number of hydrogen-bond acceptors (Lipinski definition) is 5. The number of carbonyl (C=O) groups excluding carboxylic acids is 1. The second-order valence-corrected chi connectivity index (χ2v) is 8.61. The number of nitrogens with zero attached hydrogens (tertiary/aromatic N) is 1. The van der Waals surface area contributed by atoms with E-state index in [2.05, 4.69) is 51.3 Å². The third-order valence-corrected chi connectivity index (χ3v) is 6.56. The molecule has 0 spiro atoms. The number of aryl methyl sites for hydroxylation is 1. The lowest BCUT2D eigenvalue weighted by Gasteiger charge is -2.34. The topological polar surface area (TPSA) is 48.0 Å². The number of esters is 1. The van der Waals surface area contributed by atoms with Crippen LogP contribution in [0.4, 0.5) is 0 Å². The van der Waals surface area contributed by atoms with Crippen LogP contribution in [0.2, 0.25) is 0 Å². The van der Waals surface area contributed by atoms with Gasteiger partial charge in [0.25, 0.3) is 0 Å². The van der Waals surface area contributed by atoms with Crippen LogP contribution >= 0.6 is 15.9 Å². The van der Waals surface area contributed by atoms with Crippen LogP contribution in [0.25, 0.3) is 0 Å². The van der Waals surface area contributed by atoms with Crippen LogP contribution < -0.4 is 9.47 Å². The first-order chi connectivity index (χ1) is 14.6. The van der Waals surface area contributed by atoms with Crippen LogP contribution in [0, 0.1) is 5.92 Å². The molecule has 0 unspecified atom stereocenters. The second-order valence-electron chi connectivity index (χ2n) is 7.76. The molecule has 2 heterocycles. The highest BCUT2D eigenvalue weighted by Crippen LogP contribution is 2.38. The Morgan fingerprint density at radius 3 is 2.57 bits per heavy atom. The van der Waals surface area contributed by atoms with Crippen molar-refractivity contribution in [3.63, 3.8) is 0 Å². The van der Waals surface area contributed by atoms with Gasteiger partial charge in [0.2, 0.25) is 0 Å². The van der Waals surface area contributed by atoms with E-state index in [0.29, 0.717) is 12.2 Å². The van der Waals surface area contributed by atoms with Gasteiger partial charge in [-0.05, 0) is 47.9 Å². The molecular weight excluding hydrogens is 446 g/mol. The average Bonchev–Trinajstić information content (AvgIpc) is 3.13. The van der Waals surface area contributed by atoms with E-state index >= 15 is 0 Å². The summed E-state index contributed by atoms with van der Waals surface area (Å²) in [5.74, 6) is 1.50. The molecule has 2 aromatic rings. The Morgan fingerprint density at radius 2 is 1.83 bits per heavy atom. The van der Waals surface area contributed by atoms with Gasteiger partial charge in [-0.25, -0.2) is 0 Å². The quantitative estimate of drug-likeness (QED) is 0.546. The number of benzene rings is 2. The van der Waals surface area contributed by atoms with Crippen molar-refractivity contribution in [2.45, 2.75) is 31.9 Å². The summed E-state index contributed by atoms with van der Waals surface area (Å²) < 4.78 is 17.5. The van der Waals surface area contributed by atoms with Crippen LogP contribution in [-0.4, -0.2) is 37.7 Å². The van der Waals surface area contributed by atoms with Crippen molar-refractivity contribution in [1.82, 2.24) is 4.90 Å². The van der Waals surface area contributed by atoms with Gasteiger partial charge in [-0.3, -0.25) is 4.79 Å². The SMILES string of the molecule is COc1cc(Br)c(CCC2=CN(Cc3ccccc3)C[C@@H]3OC(=O)C[C@H]23)cc1OC. The molecule has 0 amide bonds. The maximum Gasteiger partial charge on any atom is 0.306 e. The molecule has 0 radical (unpaired) electrons. The van der Waals surface area contributed by atoms with E-state index in [0.717, 1.165) is 41.7 Å². The third-order valence-electron chi connectivity index (χ3n) is 5.82. The van der Waals surface area contributed by atoms with E-state index in [1.165, 1.54) is 11.1 Å². The van der Waals surface area contributed by atoms with Gasteiger partial charge in [-0.2, -0.15) is 0 Å². The van der Waals surface area contributed by atoms with Gasteiger partial charge in [0.05, 0.1) is 27.2 Å². The lowest BCUT2D eigenvalue weighted by molar-refractivity contribution is -0.142. The largest absolute Gasteiger partial charge is 0.493 e. The highest BCUT2D eigenvalue weighted by Gasteiger charge is 2.40. The lowest BCUT2D eigenvalue weighted by Crippen LogP contribution is -2.37. The predicted molar refractivity (Wildman–Crippen MR) is 118 cm³/mol. The maximum atomic E-state index is 12.0. The molecule has 0 aliphatic carbocycles. The van der Waals surface area contributed by atoms with E-state index in [9.17, 15) is 4.79 Å². The average molecular weight is 472 g/mol. The molecule has 1 saturated heterocycles. The fourth-order valence-electron chi connectivity index (χ4n) is 4.30. The Hall–Kier alpha value is -2.47. The number of fused-ring (bicyclic) bond motifs is 1. The zero-order valence-corrected chi connectivity index (χ0v) is 18.9. The molecule has 0 aromatic heterocycles. The normalized spacial score (nSPS) is 20.4. The van der Waals surface area contributed by atoms with Crippen molar-refractivity contribution < 1.29 is 19.0 Å². The van der Waals surface area contributed by atoms with Crippen LogP contribution in [0.3, 0.4) is 0 Å². The molecule has 2 aromatic carbocycles. The Balaban J connectivity index is 1.54. The summed E-state index contributed by atoms with van der Waals surface area (Å²) in [5.41, 5.74) is 3.67. The molecule has 6 heteroatoms. The first-order valence-corrected chi connectivity index (χ1v) is 10.9. The monoisotopic (exact) mass is 471 g/mol. The number of rotatable bonds is 7. The fourth-order valence-corrected chi connectivity index (χ4v) is 4.82. The van der Waals surface area contributed by atoms with Crippen molar-refractivity contribution in [3.05, 3.63) is 69.8 Å². The smallest absolute Gasteiger partial charge is 0.306 e. The van der Waals surface area contributed by atoms with Crippen LogP contribution in [-0.2, 0) is 22.5 Å². The van der Waals surface area contributed by atoms with E-state index in [4.69, 9.17) is 14.2 Å². The number of carbonyl (C=O) groups is 1. The zero-order valence-electron chi connectivity index (χ0n) is 17.3. The van der Waals surface area contributed by atoms with Crippen molar-refractivity contribution >= 4 is 21.9 Å². The predicted octanol–water partition coefficient (Wildman–Crippen LogP) is 4.73. The lowest BCUT2D eigenvalue weighted by atomic mass is 9.86. The van der Waals surface area contributed by atoms with Gasteiger partial charge in [0, 0.05) is 16.9 Å². The molecular formula is C24H26BrNO4. The van der Waals surface area contributed by atoms with Crippen molar-refractivity contribution in [2.75, 3.05) is 20.8 Å². The fraction of sp³-hybridized carbons (Fsp3) is 0.375. The Labute approximate surface area is 185 Å². The number of methoxy groups -OCH3 is 2. The van der Waals surface area contributed by atoms with Gasteiger partial charge < -0.3 is 19.1 Å². The van der Waals surface area contributed by atoms with Crippen molar-refractivity contribution in [3.8, 4) is 11.5 Å². The Bertz CT molecular complexity index is 944. The van der Waals surface area contributed by atoms with Crippen LogP contribution in [0.5, 0.6) is 11.5 Å². The Morgan fingerprint density at radius 1 is 1.10 bits per heavy atom. The van der Waals surface area contributed by atoms with E-state index < -0.39 is 0 Å². The first kappa shape index (κ1) is 20.8. The third kappa shape index (κ3) is 4.48.